The lowest BCUT2D eigenvalue weighted by molar-refractivity contribution is 0.104. The molecule has 0 aliphatic carbocycles. The Labute approximate surface area is 187 Å². The molecule has 2 aromatic rings. The van der Waals surface area contributed by atoms with Crippen LogP contribution in [0, 0.1) is 0 Å². The van der Waals surface area contributed by atoms with Crippen molar-refractivity contribution >= 4 is 11.9 Å². The SMILES string of the molecule is CCCc1cc(C=CC(=O)c2ccc(OC)cc2)c(OC(C)(C)C)cc1OC(C)(C)C. The predicted octanol–water partition coefficient (Wildman–Crippen LogP) is 6.90. The number of ether oxygens (including phenoxy) is 3. The zero-order valence-corrected chi connectivity index (χ0v) is 20.2. The first-order valence-corrected chi connectivity index (χ1v) is 10.8. The molecule has 168 valence electrons. The molecule has 0 amide bonds. The maximum Gasteiger partial charge on any atom is 0.185 e. The molecule has 2 rings (SSSR count). The largest absolute Gasteiger partial charge is 0.497 e. The van der Waals surface area contributed by atoms with E-state index in [1.54, 1.807) is 37.5 Å². The zero-order valence-electron chi connectivity index (χ0n) is 20.2. The Morgan fingerprint density at radius 3 is 2.00 bits per heavy atom. The number of methoxy groups -OCH3 is 1. The average Bonchev–Trinajstić information content (AvgIpc) is 2.66. The summed E-state index contributed by atoms with van der Waals surface area (Å²) in [6.07, 6.45) is 5.29. The van der Waals surface area contributed by atoms with Crippen molar-refractivity contribution in [3.63, 3.8) is 0 Å². The number of aryl methyl sites for hydroxylation is 1. The minimum absolute atomic E-state index is 0.0728. The summed E-state index contributed by atoms with van der Waals surface area (Å²) >= 11 is 0. The second-order valence-corrected chi connectivity index (χ2v) is 9.60. The molecule has 0 spiro atoms. The lowest BCUT2D eigenvalue weighted by Gasteiger charge is -2.27. The second kappa shape index (κ2) is 10.0. The molecular weight excluding hydrogens is 388 g/mol. The Hall–Kier alpha value is -2.75. The monoisotopic (exact) mass is 424 g/mol. The fourth-order valence-electron chi connectivity index (χ4n) is 3.08. The van der Waals surface area contributed by atoms with Gasteiger partial charge in [0.1, 0.15) is 28.5 Å². The first-order valence-electron chi connectivity index (χ1n) is 10.8. The van der Waals surface area contributed by atoms with Crippen molar-refractivity contribution in [1.29, 1.82) is 0 Å². The first-order chi connectivity index (χ1) is 14.4. The van der Waals surface area contributed by atoms with Gasteiger partial charge in [0.25, 0.3) is 0 Å². The van der Waals surface area contributed by atoms with Gasteiger partial charge in [-0.25, -0.2) is 0 Å². The van der Waals surface area contributed by atoms with Crippen molar-refractivity contribution in [2.45, 2.75) is 72.5 Å². The number of carbonyl (C=O) groups is 1. The molecule has 0 aromatic heterocycles. The number of carbonyl (C=O) groups excluding carboxylic acids is 1. The first kappa shape index (κ1) is 24.5. The molecule has 2 aromatic carbocycles. The van der Waals surface area contributed by atoms with Crippen LogP contribution in [0.3, 0.4) is 0 Å². The summed E-state index contributed by atoms with van der Waals surface area (Å²) in [4.78, 5) is 12.7. The van der Waals surface area contributed by atoms with Gasteiger partial charge < -0.3 is 14.2 Å². The van der Waals surface area contributed by atoms with Crippen molar-refractivity contribution < 1.29 is 19.0 Å². The molecule has 0 bridgehead atoms. The smallest absolute Gasteiger partial charge is 0.185 e. The van der Waals surface area contributed by atoms with Gasteiger partial charge >= 0.3 is 0 Å². The topological polar surface area (TPSA) is 44.8 Å². The number of ketones is 1. The third kappa shape index (κ3) is 7.78. The van der Waals surface area contributed by atoms with Crippen molar-refractivity contribution in [1.82, 2.24) is 0 Å². The highest BCUT2D eigenvalue weighted by atomic mass is 16.5. The molecule has 0 aliphatic heterocycles. The summed E-state index contributed by atoms with van der Waals surface area (Å²) in [5.74, 6) is 2.18. The minimum atomic E-state index is -0.381. The number of allylic oxidation sites excluding steroid dienone is 1. The fourth-order valence-corrected chi connectivity index (χ4v) is 3.08. The molecular formula is C27H36O4. The summed E-state index contributed by atoms with van der Waals surface area (Å²) in [6, 6.07) is 11.1. The van der Waals surface area contributed by atoms with E-state index in [1.165, 1.54) is 0 Å². The molecule has 0 fully saturated rings. The molecule has 0 saturated heterocycles. The van der Waals surface area contributed by atoms with Crippen LogP contribution in [0.25, 0.3) is 6.08 Å². The summed E-state index contributed by atoms with van der Waals surface area (Å²) < 4.78 is 17.6. The van der Waals surface area contributed by atoms with Crippen LogP contribution < -0.4 is 14.2 Å². The minimum Gasteiger partial charge on any atom is -0.497 e. The Balaban J connectivity index is 2.45. The molecule has 0 aliphatic rings. The lowest BCUT2D eigenvalue weighted by atomic mass is 10.0. The maximum atomic E-state index is 12.7. The van der Waals surface area contributed by atoms with Crippen molar-refractivity contribution in [3.8, 4) is 17.2 Å². The summed E-state index contributed by atoms with van der Waals surface area (Å²) in [7, 11) is 1.61. The van der Waals surface area contributed by atoms with Crippen LogP contribution in [0.15, 0.2) is 42.5 Å². The molecule has 0 heterocycles. The Bertz CT molecular complexity index is 910. The summed E-state index contributed by atoms with van der Waals surface area (Å²) in [5.41, 5.74) is 1.88. The third-order valence-electron chi connectivity index (χ3n) is 4.33. The van der Waals surface area contributed by atoms with Crippen molar-refractivity contribution in [2.24, 2.45) is 0 Å². The van der Waals surface area contributed by atoms with Crippen LogP contribution in [0.4, 0.5) is 0 Å². The zero-order chi connectivity index (χ0) is 23.2. The normalized spacial score (nSPS) is 12.1. The van der Waals surface area contributed by atoms with Crippen LogP contribution in [0.5, 0.6) is 17.2 Å². The van der Waals surface area contributed by atoms with E-state index in [2.05, 4.69) is 13.0 Å². The van der Waals surface area contributed by atoms with Gasteiger partial charge in [-0.2, -0.15) is 0 Å². The lowest BCUT2D eigenvalue weighted by Crippen LogP contribution is -2.25. The van der Waals surface area contributed by atoms with E-state index in [4.69, 9.17) is 14.2 Å². The molecule has 31 heavy (non-hydrogen) atoms. The van der Waals surface area contributed by atoms with Crippen LogP contribution >= 0.6 is 0 Å². The molecule has 4 nitrogen and oxygen atoms in total. The highest BCUT2D eigenvalue weighted by molar-refractivity contribution is 6.07. The van der Waals surface area contributed by atoms with Gasteiger partial charge in [-0.1, -0.05) is 13.3 Å². The van der Waals surface area contributed by atoms with E-state index in [0.29, 0.717) is 11.3 Å². The standard InChI is InChI=1S/C27H36O4/c1-9-10-20-17-21(13-16-23(28)19-11-14-22(29-8)15-12-19)25(31-27(5,6)7)18-24(20)30-26(2,3)4/h11-18H,9-10H2,1-8H3. The van der Waals surface area contributed by atoms with Crippen molar-refractivity contribution in [2.75, 3.05) is 7.11 Å². The van der Waals surface area contributed by atoms with Gasteiger partial charge in [0.2, 0.25) is 0 Å². The molecule has 0 N–H and O–H groups in total. The van der Waals surface area contributed by atoms with Gasteiger partial charge in [-0.3, -0.25) is 4.79 Å². The molecule has 0 atom stereocenters. The second-order valence-electron chi connectivity index (χ2n) is 9.60. The van der Waals surface area contributed by atoms with Gasteiger partial charge in [0, 0.05) is 17.2 Å². The van der Waals surface area contributed by atoms with E-state index < -0.39 is 0 Å². The summed E-state index contributed by atoms with van der Waals surface area (Å²) in [6.45, 7) is 14.3. The van der Waals surface area contributed by atoms with Gasteiger partial charge in [0.15, 0.2) is 5.78 Å². The van der Waals surface area contributed by atoms with E-state index >= 15 is 0 Å². The maximum absolute atomic E-state index is 12.7. The molecule has 4 heteroatoms. The van der Waals surface area contributed by atoms with Crippen molar-refractivity contribution in [3.05, 3.63) is 59.2 Å². The van der Waals surface area contributed by atoms with E-state index in [0.717, 1.165) is 35.5 Å². The Kier molecular flexibility index (Phi) is 7.94. The number of hydrogen-bond donors (Lipinski definition) is 0. The highest BCUT2D eigenvalue weighted by Gasteiger charge is 2.20. The van der Waals surface area contributed by atoms with E-state index in [-0.39, 0.29) is 17.0 Å². The van der Waals surface area contributed by atoms with Crippen LogP contribution in [-0.4, -0.2) is 24.1 Å². The van der Waals surface area contributed by atoms with Gasteiger partial charge in [0.05, 0.1) is 7.11 Å². The number of benzene rings is 2. The third-order valence-corrected chi connectivity index (χ3v) is 4.33. The summed E-state index contributed by atoms with van der Waals surface area (Å²) in [5, 5.41) is 0. The van der Waals surface area contributed by atoms with Gasteiger partial charge in [-0.15, -0.1) is 0 Å². The fraction of sp³-hybridized carbons (Fsp3) is 0.444. The van der Waals surface area contributed by atoms with Crippen LogP contribution in [-0.2, 0) is 6.42 Å². The van der Waals surface area contributed by atoms with Crippen LogP contribution in [0.2, 0.25) is 0 Å². The van der Waals surface area contributed by atoms with E-state index in [1.807, 2.05) is 53.7 Å². The number of hydrogen-bond acceptors (Lipinski definition) is 4. The molecule has 0 saturated carbocycles. The average molecular weight is 425 g/mol. The Morgan fingerprint density at radius 2 is 1.48 bits per heavy atom. The number of rotatable bonds is 8. The van der Waals surface area contributed by atoms with Gasteiger partial charge in [-0.05, 0) is 96.0 Å². The molecule has 0 unspecified atom stereocenters. The van der Waals surface area contributed by atoms with E-state index in [9.17, 15) is 4.79 Å². The Morgan fingerprint density at radius 1 is 0.903 bits per heavy atom. The molecule has 0 radical (unpaired) electrons. The predicted molar refractivity (Wildman–Crippen MR) is 128 cm³/mol. The quantitative estimate of drug-likeness (QED) is 0.341. The highest BCUT2D eigenvalue weighted by Crippen LogP contribution is 2.35. The van der Waals surface area contributed by atoms with Crippen LogP contribution in [0.1, 0.15) is 76.4 Å².